The number of hydrogen-bond donors (Lipinski definition) is 1. The predicted molar refractivity (Wildman–Crippen MR) is 89.6 cm³/mol. The molecule has 0 aliphatic carbocycles. The maximum atomic E-state index is 13.8. The average Bonchev–Trinajstić information content (AvgIpc) is 2.50. The van der Waals surface area contributed by atoms with E-state index >= 15 is 0 Å². The highest BCUT2D eigenvalue weighted by Crippen LogP contribution is 2.25. The molecule has 0 bridgehead atoms. The van der Waals surface area contributed by atoms with Crippen molar-refractivity contribution in [2.24, 2.45) is 0 Å². The lowest BCUT2D eigenvalue weighted by Crippen LogP contribution is -2.19. The van der Waals surface area contributed by atoms with Crippen molar-refractivity contribution < 1.29 is 17.5 Å². The number of anilines is 2. The third-order valence-corrected chi connectivity index (χ3v) is 4.68. The number of nitrogens with zero attached hydrogens (tertiary/aromatic N) is 3. The Morgan fingerprint density at radius 1 is 1.17 bits per heavy atom. The minimum atomic E-state index is -3.98. The van der Waals surface area contributed by atoms with E-state index in [-0.39, 0.29) is 16.3 Å². The van der Waals surface area contributed by atoms with Crippen LogP contribution in [-0.4, -0.2) is 39.6 Å². The summed E-state index contributed by atoms with van der Waals surface area (Å²) in [6.45, 7) is 3.35. The van der Waals surface area contributed by atoms with Gasteiger partial charge >= 0.3 is 0 Å². The monoisotopic (exact) mass is 354 g/mol. The number of ether oxygens (including phenoxy) is 1. The molecule has 0 saturated carbocycles. The van der Waals surface area contributed by atoms with Crippen LogP contribution in [0.1, 0.15) is 11.4 Å². The fourth-order valence-corrected chi connectivity index (χ4v) is 3.24. The highest BCUT2D eigenvalue weighted by molar-refractivity contribution is 7.92. The molecule has 0 fully saturated rings. The quantitative estimate of drug-likeness (QED) is 0.885. The molecule has 9 heteroatoms. The van der Waals surface area contributed by atoms with Crippen LogP contribution in [0.3, 0.4) is 0 Å². The second-order valence-electron chi connectivity index (χ2n) is 5.37. The van der Waals surface area contributed by atoms with Crippen LogP contribution in [0.15, 0.2) is 23.1 Å². The molecule has 7 nitrogen and oxygen atoms in total. The van der Waals surface area contributed by atoms with Crippen molar-refractivity contribution in [1.29, 1.82) is 0 Å². The summed E-state index contributed by atoms with van der Waals surface area (Å²) in [6.07, 6.45) is 0. The number of aryl methyl sites for hydroxylation is 2. The predicted octanol–water partition coefficient (Wildman–Crippen LogP) is 2.11. The van der Waals surface area contributed by atoms with E-state index < -0.39 is 15.8 Å². The third-order valence-electron chi connectivity index (χ3n) is 3.33. The van der Waals surface area contributed by atoms with Gasteiger partial charge in [-0.15, -0.1) is 0 Å². The largest absolute Gasteiger partial charge is 0.494 e. The number of benzene rings is 1. The molecule has 0 radical (unpaired) electrons. The van der Waals surface area contributed by atoms with Gasteiger partial charge in [0.15, 0.2) is 11.6 Å². The molecule has 0 unspecified atom stereocenters. The molecule has 1 aromatic heterocycles. The molecule has 2 rings (SSSR count). The molecule has 0 aliphatic heterocycles. The van der Waals surface area contributed by atoms with Gasteiger partial charge in [0, 0.05) is 14.1 Å². The molecule has 1 heterocycles. The lowest BCUT2D eigenvalue weighted by Gasteiger charge is -2.16. The van der Waals surface area contributed by atoms with Crippen molar-refractivity contribution in [3.05, 3.63) is 35.4 Å². The zero-order chi connectivity index (χ0) is 18.1. The highest BCUT2D eigenvalue weighted by atomic mass is 32.2. The number of aromatic nitrogens is 2. The van der Waals surface area contributed by atoms with Crippen molar-refractivity contribution in [2.45, 2.75) is 18.7 Å². The van der Waals surface area contributed by atoms with Gasteiger partial charge in [-0.3, -0.25) is 4.72 Å². The summed E-state index contributed by atoms with van der Waals surface area (Å²) in [5, 5.41) is 0. The van der Waals surface area contributed by atoms with Crippen LogP contribution < -0.4 is 14.4 Å². The van der Waals surface area contributed by atoms with Gasteiger partial charge in [-0.25, -0.2) is 22.8 Å². The zero-order valence-electron chi connectivity index (χ0n) is 14.1. The minimum absolute atomic E-state index is 0.0278. The Balaban J connectivity index is 2.41. The fourth-order valence-electron chi connectivity index (χ4n) is 2.05. The summed E-state index contributed by atoms with van der Waals surface area (Å²) in [5.74, 6) is -0.309. The topological polar surface area (TPSA) is 84.4 Å². The summed E-state index contributed by atoms with van der Waals surface area (Å²) in [4.78, 5) is 10.0. The van der Waals surface area contributed by atoms with Crippen LogP contribution in [0.25, 0.3) is 0 Å². The van der Waals surface area contributed by atoms with E-state index in [1.807, 2.05) is 0 Å². The van der Waals surface area contributed by atoms with Crippen LogP contribution in [0.5, 0.6) is 5.75 Å². The van der Waals surface area contributed by atoms with Crippen LogP contribution in [-0.2, 0) is 10.0 Å². The maximum absolute atomic E-state index is 13.8. The van der Waals surface area contributed by atoms with E-state index in [0.29, 0.717) is 17.3 Å². The van der Waals surface area contributed by atoms with Gasteiger partial charge in [0.2, 0.25) is 5.95 Å². The van der Waals surface area contributed by atoms with Crippen LogP contribution in [0.2, 0.25) is 0 Å². The molecular formula is C15H19FN4O3S. The summed E-state index contributed by atoms with van der Waals surface area (Å²) >= 11 is 0. The Bertz CT molecular complexity index is 846. The maximum Gasteiger partial charge on any atom is 0.262 e. The Morgan fingerprint density at radius 3 is 2.21 bits per heavy atom. The van der Waals surface area contributed by atoms with Gasteiger partial charge in [0.05, 0.1) is 29.1 Å². The standard InChI is InChI=1S/C15H19FN4O3S/c1-9-14(10(2)18-15(17-9)20(3)4)19-24(21,22)11-6-7-13(23-5)12(16)8-11/h6-8,19H,1-5H3. The molecular weight excluding hydrogens is 335 g/mol. The molecule has 0 spiro atoms. The molecule has 0 atom stereocenters. The van der Waals surface area contributed by atoms with Gasteiger partial charge in [-0.1, -0.05) is 0 Å². The van der Waals surface area contributed by atoms with E-state index in [1.54, 1.807) is 32.8 Å². The van der Waals surface area contributed by atoms with Crippen molar-refractivity contribution >= 4 is 21.7 Å². The first-order chi connectivity index (χ1) is 11.2. The first kappa shape index (κ1) is 17.9. The van der Waals surface area contributed by atoms with Crippen LogP contribution >= 0.6 is 0 Å². The zero-order valence-corrected chi connectivity index (χ0v) is 14.9. The number of hydrogen-bond acceptors (Lipinski definition) is 6. The van der Waals surface area contributed by atoms with Gasteiger partial charge in [0.1, 0.15) is 0 Å². The van der Waals surface area contributed by atoms with Crippen LogP contribution in [0, 0.1) is 19.7 Å². The first-order valence-corrected chi connectivity index (χ1v) is 8.53. The molecule has 130 valence electrons. The van der Waals surface area contributed by atoms with Crippen molar-refractivity contribution in [2.75, 3.05) is 30.8 Å². The number of rotatable bonds is 5. The van der Waals surface area contributed by atoms with Gasteiger partial charge < -0.3 is 9.64 Å². The summed E-state index contributed by atoms with van der Waals surface area (Å²) in [5.41, 5.74) is 1.23. The van der Waals surface area contributed by atoms with Gasteiger partial charge in [-0.2, -0.15) is 0 Å². The number of halogens is 1. The molecule has 2 aromatic rings. The second-order valence-corrected chi connectivity index (χ2v) is 7.05. The molecule has 0 aliphatic rings. The first-order valence-electron chi connectivity index (χ1n) is 7.04. The van der Waals surface area contributed by atoms with Crippen molar-refractivity contribution in [3.8, 4) is 5.75 Å². The fraction of sp³-hybridized carbons (Fsp3) is 0.333. The smallest absolute Gasteiger partial charge is 0.262 e. The lowest BCUT2D eigenvalue weighted by molar-refractivity contribution is 0.385. The van der Waals surface area contributed by atoms with E-state index in [4.69, 9.17) is 4.74 Å². The normalized spacial score (nSPS) is 11.2. The summed E-state index contributed by atoms with van der Waals surface area (Å²) in [7, 11) is 0.908. The Morgan fingerprint density at radius 2 is 1.75 bits per heavy atom. The lowest BCUT2D eigenvalue weighted by atomic mass is 10.3. The molecule has 0 saturated heterocycles. The summed E-state index contributed by atoms with van der Waals surface area (Å²) < 4.78 is 46.0. The van der Waals surface area contributed by atoms with Gasteiger partial charge in [-0.05, 0) is 32.0 Å². The molecule has 1 aromatic carbocycles. The van der Waals surface area contributed by atoms with E-state index in [1.165, 1.54) is 19.2 Å². The van der Waals surface area contributed by atoms with Crippen molar-refractivity contribution in [3.63, 3.8) is 0 Å². The molecule has 0 amide bonds. The Kier molecular flexibility index (Phi) is 4.93. The van der Waals surface area contributed by atoms with E-state index in [9.17, 15) is 12.8 Å². The number of nitrogens with one attached hydrogen (secondary N) is 1. The second kappa shape index (κ2) is 6.60. The minimum Gasteiger partial charge on any atom is -0.494 e. The number of sulfonamides is 1. The van der Waals surface area contributed by atoms with E-state index in [2.05, 4.69) is 14.7 Å². The van der Waals surface area contributed by atoms with Crippen LogP contribution in [0.4, 0.5) is 16.0 Å². The Labute approximate surface area is 140 Å². The van der Waals surface area contributed by atoms with Gasteiger partial charge in [0.25, 0.3) is 10.0 Å². The molecule has 1 N–H and O–H groups in total. The summed E-state index contributed by atoms with van der Waals surface area (Å²) in [6, 6.07) is 3.43. The SMILES string of the molecule is COc1ccc(S(=O)(=O)Nc2c(C)nc(N(C)C)nc2C)cc1F. The third kappa shape index (κ3) is 3.56. The van der Waals surface area contributed by atoms with E-state index in [0.717, 1.165) is 6.07 Å². The number of methoxy groups -OCH3 is 1. The van der Waals surface area contributed by atoms with Crippen molar-refractivity contribution in [1.82, 2.24) is 9.97 Å². The Hall–Kier alpha value is -2.42. The molecule has 24 heavy (non-hydrogen) atoms. The average molecular weight is 354 g/mol. The highest BCUT2D eigenvalue weighted by Gasteiger charge is 2.20.